The van der Waals surface area contributed by atoms with Gasteiger partial charge in [0.25, 0.3) is 0 Å². The summed E-state index contributed by atoms with van der Waals surface area (Å²) in [4.78, 5) is 11.6. The number of hydrogen-bond donors (Lipinski definition) is 2. The van der Waals surface area contributed by atoms with Gasteiger partial charge in [0.05, 0.1) is 12.4 Å². The van der Waals surface area contributed by atoms with Gasteiger partial charge in [-0.25, -0.2) is 4.57 Å². The van der Waals surface area contributed by atoms with Crippen LogP contribution in [0.5, 0.6) is 0 Å². The van der Waals surface area contributed by atoms with E-state index < -0.39 is 0 Å². The quantitative estimate of drug-likeness (QED) is 0.487. The van der Waals surface area contributed by atoms with E-state index in [2.05, 4.69) is 15.0 Å². The number of halogens is 1. The summed E-state index contributed by atoms with van der Waals surface area (Å²) in [6.07, 6.45) is 3.60. The van der Waals surface area contributed by atoms with Gasteiger partial charge < -0.3 is 23.9 Å². The van der Waals surface area contributed by atoms with Crippen molar-refractivity contribution in [2.24, 2.45) is 0 Å². The molecule has 0 saturated carbocycles. The van der Waals surface area contributed by atoms with E-state index >= 15 is 0 Å². The predicted molar refractivity (Wildman–Crippen MR) is 50.2 cm³/mol. The Morgan fingerprint density at radius 2 is 1.40 bits per heavy atom. The van der Waals surface area contributed by atoms with Gasteiger partial charge in [0, 0.05) is 0 Å². The molecule has 0 unspecified atom stereocenters. The average Bonchev–Trinajstić information content (AvgIpc) is 2.18. The first kappa shape index (κ1) is 11.1. The Balaban J connectivity index is 0.00000112. The number of anilines is 2. The molecule has 0 radical (unpaired) electrons. The number of rotatable bonds is 1. The van der Waals surface area contributed by atoms with Crippen LogP contribution in [0.4, 0.5) is 11.9 Å². The molecule has 2 aromatic rings. The highest BCUT2D eigenvalue weighted by Crippen LogP contribution is 1.97. The second-order valence-electron chi connectivity index (χ2n) is 2.63. The highest BCUT2D eigenvalue weighted by atomic mass is 35.5. The number of nitrogens with two attached hydrogens (primary N) is 2. The minimum Gasteiger partial charge on any atom is -1.00 e. The maximum absolute atomic E-state index is 5.44. The Morgan fingerprint density at radius 1 is 0.867 bits per heavy atom. The van der Waals surface area contributed by atoms with Crippen LogP contribution in [0.15, 0.2) is 30.6 Å². The smallest absolute Gasteiger partial charge is 0.444 e. The lowest BCUT2D eigenvalue weighted by atomic mass is 10.5. The third kappa shape index (κ3) is 2.50. The highest BCUT2D eigenvalue weighted by molar-refractivity contribution is 5.27. The molecule has 7 heteroatoms. The monoisotopic (exact) mass is 224 g/mol. The van der Waals surface area contributed by atoms with E-state index in [4.69, 9.17) is 11.5 Å². The van der Waals surface area contributed by atoms with E-state index in [1.54, 1.807) is 17.0 Å². The maximum atomic E-state index is 5.44. The van der Waals surface area contributed by atoms with Crippen molar-refractivity contribution in [3.63, 3.8) is 0 Å². The second kappa shape index (κ2) is 4.52. The van der Waals surface area contributed by atoms with Crippen molar-refractivity contribution in [1.29, 1.82) is 0 Å². The zero-order valence-corrected chi connectivity index (χ0v) is 8.46. The lowest BCUT2D eigenvalue weighted by Gasteiger charge is -1.94. The van der Waals surface area contributed by atoms with Crippen LogP contribution in [-0.2, 0) is 0 Å². The van der Waals surface area contributed by atoms with E-state index in [0.717, 1.165) is 0 Å². The summed E-state index contributed by atoms with van der Waals surface area (Å²) in [5.41, 5.74) is 10.9. The van der Waals surface area contributed by atoms with Crippen LogP contribution >= 0.6 is 0 Å². The Hall–Kier alpha value is -1.95. The summed E-state index contributed by atoms with van der Waals surface area (Å²) in [7, 11) is 0. The standard InChI is InChI=1S/C8H9N6.ClH/c9-6-11-7(10)13-8(12-6)14-4-2-1-3-5-14;/h1-5H,(H4,9,10,11,12,13);1H/q+1;/p-1. The van der Waals surface area contributed by atoms with Crippen LogP contribution in [0, 0.1) is 0 Å². The summed E-state index contributed by atoms with van der Waals surface area (Å²) >= 11 is 0. The van der Waals surface area contributed by atoms with Crippen LogP contribution < -0.4 is 28.4 Å². The molecule has 0 atom stereocenters. The summed E-state index contributed by atoms with van der Waals surface area (Å²) < 4.78 is 1.70. The number of nitrogens with zero attached hydrogens (tertiary/aromatic N) is 4. The fourth-order valence-corrected chi connectivity index (χ4v) is 1.04. The molecule has 0 spiro atoms. The van der Waals surface area contributed by atoms with E-state index in [-0.39, 0.29) is 24.3 Å². The topological polar surface area (TPSA) is 94.6 Å². The van der Waals surface area contributed by atoms with Gasteiger partial charge in [0.1, 0.15) is 0 Å². The first-order valence-electron chi connectivity index (χ1n) is 3.99. The average molecular weight is 225 g/mol. The molecular weight excluding hydrogens is 216 g/mol. The van der Waals surface area contributed by atoms with Crippen LogP contribution in [0.3, 0.4) is 0 Å². The van der Waals surface area contributed by atoms with Crippen LogP contribution in [0.2, 0.25) is 0 Å². The first-order chi connectivity index (χ1) is 6.75. The zero-order chi connectivity index (χ0) is 9.97. The van der Waals surface area contributed by atoms with Crippen molar-refractivity contribution >= 4 is 11.9 Å². The molecule has 2 aromatic heterocycles. The Kier molecular flexibility index (Phi) is 3.35. The molecule has 0 amide bonds. The van der Waals surface area contributed by atoms with Crippen molar-refractivity contribution in [1.82, 2.24) is 15.0 Å². The molecule has 2 heterocycles. The molecular formula is C8H9ClN6. The van der Waals surface area contributed by atoms with Gasteiger partial charge in [0.15, 0.2) is 0 Å². The van der Waals surface area contributed by atoms with Crippen molar-refractivity contribution < 1.29 is 17.0 Å². The molecule has 4 N–H and O–H groups in total. The molecule has 0 aliphatic heterocycles. The van der Waals surface area contributed by atoms with E-state index in [0.29, 0.717) is 5.95 Å². The van der Waals surface area contributed by atoms with Gasteiger partial charge in [-0.05, 0) is 22.1 Å². The number of aromatic nitrogens is 4. The molecule has 0 aliphatic carbocycles. The van der Waals surface area contributed by atoms with E-state index in [1.165, 1.54) is 0 Å². The number of nitrogen functional groups attached to an aromatic ring is 2. The van der Waals surface area contributed by atoms with Gasteiger partial charge in [-0.1, -0.05) is 6.07 Å². The third-order valence-electron chi connectivity index (χ3n) is 1.60. The van der Waals surface area contributed by atoms with Gasteiger partial charge in [-0.3, -0.25) is 0 Å². The van der Waals surface area contributed by atoms with Crippen molar-refractivity contribution in [3.05, 3.63) is 30.6 Å². The number of pyridine rings is 1. The molecule has 0 aliphatic rings. The molecule has 0 saturated heterocycles. The molecule has 0 bridgehead atoms. The summed E-state index contributed by atoms with van der Waals surface area (Å²) in [5, 5.41) is 0. The highest BCUT2D eigenvalue weighted by Gasteiger charge is 2.12. The molecule has 6 nitrogen and oxygen atoms in total. The Morgan fingerprint density at radius 3 is 1.93 bits per heavy atom. The summed E-state index contributed by atoms with van der Waals surface area (Å²) in [6, 6.07) is 5.61. The Labute approximate surface area is 92.4 Å². The first-order valence-corrected chi connectivity index (χ1v) is 3.99. The molecule has 0 aromatic carbocycles. The minimum absolute atomic E-state index is 0. The maximum Gasteiger partial charge on any atom is 0.444 e. The van der Waals surface area contributed by atoms with Gasteiger partial charge in [-0.2, -0.15) is 0 Å². The van der Waals surface area contributed by atoms with Crippen LogP contribution in [0.1, 0.15) is 0 Å². The fourth-order valence-electron chi connectivity index (χ4n) is 1.04. The van der Waals surface area contributed by atoms with Gasteiger partial charge in [-0.15, -0.1) is 4.98 Å². The minimum atomic E-state index is 0. The predicted octanol–water partition coefficient (Wildman–Crippen LogP) is -3.68. The largest absolute Gasteiger partial charge is 1.00 e. The lowest BCUT2D eigenvalue weighted by Crippen LogP contribution is -3.00. The molecule has 0 fully saturated rings. The molecule has 78 valence electrons. The van der Waals surface area contributed by atoms with Crippen molar-refractivity contribution in [2.75, 3.05) is 11.5 Å². The molecule has 2 rings (SSSR count). The lowest BCUT2D eigenvalue weighted by molar-refractivity contribution is -0.603. The summed E-state index contributed by atoms with van der Waals surface area (Å²) in [6.45, 7) is 0. The molecule has 15 heavy (non-hydrogen) atoms. The van der Waals surface area contributed by atoms with E-state index in [9.17, 15) is 0 Å². The van der Waals surface area contributed by atoms with Crippen molar-refractivity contribution in [3.8, 4) is 5.95 Å². The zero-order valence-electron chi connectivity index (χ0n) is 7.71. The van der Waals surface area contributed by atoms with Crippen LogP contribution in [-0.4, -0.2) is 15.0 Å². The van der Waals surface area contributed by atoms with Gasteiger partial charge >= 0.3 is 17.8 Å². The second-order valence-corrected chi connectivity index (χ2v) is 2.63. The fraction of sp³-hybridized carbons (Fsp3) is 0. The third-order valence-corrected chi connectivity index (χ3v) is 1.60. The number of hydrogen-bond acceptors (Lipinski definition) is 5. The van der Waals surface area contributed by atoms with Gasteiger partial charge in [0.2, 0.25) is 0 Å². The van der Waals surface area contributed by atoms with Crippen LogP contribution in [0.25, 0.3) is 5.95 Å². The van der Waals surface area contributed by atoms with Crippen molar-refractivity contribution in [2.45, 2.75) is 0 Å². The van der Waals surface area contributed by atoms with E-state index in [1.807, 2.05) is 18.2 Å². The SMILES string of the molecule is Nc1nc(N)nc(-[n+]2ccccc2)n1.[Cl-]. The summed E-state index contributed by atoms with van der Waals surface area (Å²) in [5.74, 6) is 0.642. The normalized spacial score (nSPS) is 9.33. The Bertz CT molecular complexity index is 426.